The molecule has 0 saturated heterocycles. The van der Waals surface area contributed by atoms with Gasteiger partial charge in [0.25, 0.3) is 0 Å². The molecule has 2 saturated carbocycles. The Balaban J connectivity index is 1.65. The van der Waals surface area contributed by atoms with Gasteiger partial charge in [-0.15, -0.1) is 0 Å². The fourth-order valence-electron chi connectivity index (χ4n) is 3.42. The van der Waals surface area contributed by atoms with Gasteiger partial charge in [-0.05, 0) is 51.7 Å². The lowest BCUT2D eigenvalue weighted by molar-refractivity contribution is -0.135. The van der Waals surface area contributed by atoms with Crippen molar-refractivity contribution >= 4 is 17.5 Å². The molecule has 2 amide bonds. The Kier molecular flexibility index (Phi) is 5.30. The molecule has 2 aliphatic carbocycles. The van der Waals surface area contributed by atoms with Crippen LogP contribution < -0.4 is 15.4 Å². The van der Waals surface area contributed by atoms with Crippen LogP contribution in [0.1, 0.15) is 58.8 Å². The monoisotopic (exact) mass is 344 g/mol. The van der Waals surface area contributed by atoms with Crippen molar-refractivity contribution < 1.29 is 14.3 Å². The van der Waals surface area contributed by atoms with E-state index in [0.29, 0.717) is 24.3 Å². The van der Waals surface area contributed by atoms with Crippen molar-refractivity contribution in [3.8, 4) is 5.75 Å². The summed E-state index contributed by atoms with van der Waals surface area (Å²) in [5.41, 5.74) is -0.277. The van der Waals surface area contributed by atoms with Crippen molar-refractivity contribution in [1.82, 2.24) is 5.32 Å². The SMILES string of the molecule is CC(C)Oc1ccccc1NC(=O)C1(C(=O)NC2CCCCC2)CC1. The Bertz CT molecular complexity index is 632. The first kappa shape index (κ1) is 17.8. The highest BCUT2D eigenvalue weighted by atomic mass is 16.5. The van der Waals surface area contributed by atoms with Gasteiger partial charge in [-0.1, -0.05) is 31.4 Å². The first-order chi connectivity index (χ1) is 12.0. The van der Waals surface area contributed by atoms with E-state index in [1.807, 2.05) is 38.1 Å². The number of anilines is 1. The van der Waals surface area contributed by atoms with Gasteiger partial charge in [0.1, 0.15) is 11.2 Å². The normalized spacial score (nSPS) is 19.3. The smallest absolute Gasteiger partial charge is 0.240 e. The van der Waals surface area contributed by atoms with Crippen LogP contribution >= 0.6 is 0 Å². The minimum absolute atomic E-state index is 0.0162. The Morgan fingerprint density at radius 1 is 1.08 bits per heavy atom. The van der Waals surface area contributed by atoms with Crippen molar-refractivity contribution in [2.45, 2.75) is 70.9 Å². The van der Waals surface area contributed by atoms with E-state index >= 15 is 0 Å². The van der Waals surface area contributed by atoms with Gasteiger partial charge in [0.05, 0.1) is 11.8 Å². The molecule has 2 fully saturated rings. The number of nitrogens with one attached hydrogen (secondary N) is 2. The topological polar surface area (TPSA) is 67.4 Å². The first-order valence-corrected chi connectivity index (χ1v) is 9.39. The van der Waals surface area contributed by atoms with E-state index in [0.717, 1.165) is 25.7 Å². The summed E-state index contributed by atoms with van der Waals surface area (Å²) >= 11 is 0. The van der Waals surface area contributed by atoms with Crippen LogP contribution in [0, 0.1) is 5.41 Å². The summed E-state index contributed by atoms with van der Waals surface area (Å²) in [6.45, 7) is 3.89. The molecule has 0 aromatic heterocycles. The Hall–Kier alpha value is -2.04. The average molecular weight is 344 g/mol. The van der Waals surface area contributed by atoms with Crippen molar-refractivity contribution in [3.63, 3.8) is 0 Å². The van der Waals surface area contributed by atoms with Gasteiger partial charge in [0.2, 0.25) is 11.8 Å². The molecule has 25 heavy (non-hydrogen) atoms. The Morgan fingerprint density at radius 3 is 2.40 bits per heavy atom. The molecule has 136 valence electrons. The molecule has 3 rings (SSSR count). The molecule has 0 aliphatic heterocycles. The minimum Gasteiger partial charge on any atom is -0.489 e. The highest BCUT2D eigenvalue weighted by Gasteiger charge is 2.56. The van der Waals surface area contributed by atoms with Crippen LogP contribution in [-0.4, -0.2) is 24.0 Å². The Morgan fingerprint density at radius 2 is 1.76 bits per heavy atom. The van der Waals surface area contributed by atoms with Gasteiger partial charge in [-0.25, -0.2) is 0 Å². The molecule has 0 unspecified atom stereocenters. The molecule has 1 aromatic rings. The highest BCUT2D eigenvalue weighted by Crippen LogP contribution is 2.47. The van der Waals surface area contributed by atoms with Gasteiger partial charge < -0.3 is 15.4 Å². The second-order valence-electron chi connectivity index (χ2n) is 7.51. The predicted molar refractivity (Wildman–Crippen MR) is 97.5 cm³/mol. The molecule has 0 spiro atoms. The summed E-state index contributed by atoms with van der Waals surface area (Å²) in [5.74, 6) is 0.300. The lowest BCUT2D eigenvalue weighted by atomic mass is 9.94. The quantitative estimate of drug-likeness (QED) is 0.774. The van der Waals surface area contributed by atoms with E-state index in [2.05, 4.69) is 10.6 Å². The van der Waals surface area contributed by atoms with Crippen LogP contribution in [0.5, 0.6) is 5.75 Å². The van der Waals surface area contributed by atoms with Crippen LogP contribution in [-0.2, 0) is 9.59 Å². The summed E-state index contributed by atoms with van der Waals surface area (Å²) in [5, 5.41) is 6.02. The number of ether oxygens (including phenoxy) is 1. The molecule has 0 radical (unpaired) electrons. The molecule has 2 N–H and O–H groups in total. The maximum atomic E-state index is 12.8. The van der Waals surface area contributed by atoms with Crippen LogP contribution in [0.3, 0.4) is 0 Å². The summed E-state index contributed by atoms with van der Waals surface area (Å²) in [4.78, 5) is 25.5. The third-order valence-electron chi connectivity index (χ3n) is 5.06. The number of carbonyl (C=O) groups excluding carboxylic acids is 2. The highest BCUT2D eigenvalue weighted by molar-refractivity contribution is 6.13. The number of carbonyl (C=O) groups is 2. The third kappa shape index (κ3) is 4.14. The average Bonchev–Trinajstić information content (AvgIpc) is 3.39. The number of para-hydroxylation sites is 2. The van der Waals surface area contributed by atoms with E-state index in [1.54, 1.807) is 0 Å². The zero-order valence-corrected chi connectivity index (χ0v) is 15.1. The molecule has 0 heterocycles. The van der Waals surface area contributed by atoms with E-state index in [4.69, 9.17) is 4.74 Å². The van der Waals surface area contributed by atoms with Gasteiger partial charge >= 0.3 is 0 Å². The molecular formula is C20H28N2O3. The standard InChI is InChI=1S/C20H28N2O3/c1-14(2)25-17-11-7-6-10-16(17)22-19(24)20(12-13-20)18(23)21-15-8-4-3-5-9-15/h6-7,10-11,14-15H,3-5,8-9,12-13H2,1-2H3,(H,21,23)(H,22,24). The van der Waals surface area contributed by atoms with E-state index in [-0.39, 0.29) is 24.0 Å². The predicted octanol–water partition coefficient (Wildman–Crippen LogP) is 3.64. The summed E-state index contributed by atoms with van der Waals surface area (Å²) in [6.07, 6.45) is 6.85. The molecule has 2 aliphatic rings. The number of rotatable bonds is 6. The largest absolute Gasteiger partial charge is 0.489 e. The van der Waals surface area contributed by atoms with Gasteiger partial charge in [0.15, 0.2) is 0 Å². The number of hydrogen-bond acceptors (Lipinski definition) is 3. The summed E-state index contributed by atoms with van der Waals surface area (Å²) in [6, 6.07) is 7.59. The lowest BCUT2D eigenvalue weighted by Crippen LogP contribution is -2.45. The Labute approximate surface area is 149 Å². The molecule has 0 bridgehead atoms. The van der Waals surface area contributed by atoms with Crippen molar-refractivity contribution in [2.24, 2.45) is 5.41 Å². The zero-order chi connectivity index (χ0) is 17.9. The van der Waals surface area contributed by atoms with Gasteiger partial charge in [-0.2, -0.15) is 0 Å². The molecular weight excluding hydrogens is 316 g/mol. The van der Waals surface area contributed by atoms with E-state index in [9.17, 15) is 9.59 Å². The molecule has 5 nitrogen and oxygen atoms in total. The van der Waals surface area contributed by atoms with Crippen molar-refractivity contribution in [3.05, 3.63) is 24.3 Å². The van der Waals surface area contributed by atoms with E-state index in [1.165, 1.54) is 6.42 Å². The summed E-state index contributed by atoms with van der Waals surface area (Å²) < 4.78 is 5.75. The maximum absolute atomic E-state index is 12.8. The number of benzene rings is 1. The second kappa shape index (κ2) is 7.46. The first-order valence-electron chi connectivity index (χ1n) is 9.39. The van der Waals surface area contributed by atoms with Crippen molar-refractivity contribution in [1.29, 1.82) is 0 Å². The van der Waals surface area contributed by atoms with Crippen LogP contribution in [0.15, 0.2) is 24.3 Å². The van der Waals surface area contributed by atoms with Gasteiger partial charge in [-0.3, -0.25) is 9.59 Å². The van der Waals surface area contributed by atoms with Crippen LogP contribution in [0.25, 0.3) is 0 Å². The van der Waals surface area contributed by atoms with Crippen LogP contribution in [0.4, 0.5) is 5.69 Å². The maximum Gasteiger partial charge on any atom is 0.240 e. The molecule has 1 aromatic carbocycles. The zero-order valence-electron chi connectivity index (χ0n) is 15.1. The fourth-order valence-corrected chi connectivity index (χ4v) is 3.42. The van der Waals surface area contributed by atoms with E-state index < -0.39 is 5.41 Å². The van der Waals surface area contributed by atoms with Crippen LogP contribution in [0.2, 0.25) is 0 Å². The number of amides is 2. The third-order valence-corrected chi connectivity index (χ3v) is 5.06. The molecule has 0 atom stereocenters. The lowest BCUT2D eigenvalue weighted by Gasteiger charge is -2.25. The minimum atomic E-state index is -0.900. The molecule has 5 heteroatoms. The summed E-state index contributed by atoms with van der Waals surface area (Å²) in [7, 11) is 0. The van der Waals surface area contributed by atoms with Crippen molar-refractivity contribution in [2.75, 3.05) is 5.32 Å². The van der Waals surface area contributed by atoms with Gasteiger partial charge in [0, 0.05) is 6.04 Å². The fraction of sp³-hybridized carbons (Fsp3) is 0.600. The number of hydrogen-bond donors (Lipinski definition) is 2. The second-order valence-corrected chi connectivity index (χ2v) is 7.51.